The number of aromatic nitrogens is 3. The van der Waals surface area contributed by atoms with Gasteiger partial charge in [-0.25, -0.2) is 0 Å². The Bertz CT molecular complexity index is 490. The lowest BCUT2D eigenvalue weighted by Crippen LogP contribution is -2.02. The third kappa shape index (κ3) is 3.06. The maximum atomic E-state index is 4.38. The third-order valence-electron chi connectivity index (χ3n) is 2.49. The molecule has 0 fully saturated rings. The first-order chi connectivity index (χ1) is 8.19. The molecule has 5 heteroatoms. The fourth-order valence-electron chi connectivity index (χ4n) is 1.64. The lowest BCUT2D eigenvalue weighted by Gasteiger charge is -2.04. The SMILES string of the molecule is CCc1nn(C)cc1NCc1ccc(Br)cn1. The van der Waals surface area contributed by atoms with Crippen LogP contribution in [0.15, 0.2) is 29.0 Å². The molecule has 0 bridgehead atoms. The highest BCUT2D eigenvalue weighted by Crippen LogP contribution is 2.15. The summed E-state index contributed by atoms with van der Waals surface area (Å²) in [6, 6.07) is 3.99. The minimum absolute atomic E-state index is 0.714. The number of hydrogen-bond donors (Lipinski definition) is 1. The van der Waals surface area contributed by atoms with Gasteiger partial charge in [0.05, 0.1) is 23.6 Å². The van der Waals surface area contributed by atoms with Crippen LogP contribution in [-0.2, 0) is 20.0 Å². The fraction of sp³-hybridized carbons (Fsp3) is 0.333. The Kier molecular flexibility index (Phi) is 3.78. The number of halogens is 1. The molecule has 0 aliphatic carbocycles. The molecule has 2 aromatic heterocycles. The Morgan fingerprint density at radius 1 is 1.41 bits per heavy atom. The van der Waals surface area contributed by atoms with E-state index in [1.54, 1.807) is 6.20 Å². The number of nitrogens with zero attached hydrogens (tertiary/aromatic N) is 3. The van der Waals surface area contributed by atoms with E-state index in [4.69, 9.17) is 0 Å². The van der Waals surface area contributed by atoms with Gasteiger partial charge >= 0.3 is 0 Å². The van der Waals surface area contributed by atoms with Gasteiger partial charge in [0.15, 0.2) is 0 Å². The van der Waals surface area contributed by atoms with Crippen molar-refractivity contribution in [3.63, 3.8) is 0 Å². The van der Waals surface area contributed by atoms with Gasteiger partial charge in [-0.1, -0.05) is 6.92 Å². The number of nitrogens with one attached hydrogen (secondary N) is 1. The molecule has 90 valence electrons. The van der Waals surface area contributed by atoms with E-state index >= 15 is 0 Å². The summed E-state index contributed by atoms with van der Waals surface area (Å²) in [6.45, 7) is 2.82. The van der Waals surface area contributed by atoms with Gasteiger partial charge in [-0.15, -0.1) is 0 Å². The number of pyridine rings is 1. The van der Waals surface area contributed by atoms with Crippen molar-refractivity contribution >= 4 is 21.6 Å². The van der Waals surface area contributed by atoms with Gasteiger partial charge in [-0.05, 0) is 34.5 Å². The maximum absolute atomic E-state index is 4.38. The number of anilines is 1. The van der Waals surface area contributed by atoms with E-state index in [0.29, 0.717) is 6.54 Å². The van der Waals surface area contributed by atoms with Gasteiger partial charge in [0.25, 0.3) is 0 Å². The summed E-state index contributed by atoms with van der Waals surface area (Å²) in [5, 5.41) is 7.74. The molecule has 4 nitrogen and oxygen atoms in total. The number of rotatable bonds is 4. The number of hydrogen-bond acceptors (Lipinski definition) is 3. The summed E-state index contributed by atoms with van der Waals surface area (Å²) in [5.41, 5.74) is 3.18. The van der Waals surface area contributed by atoms with Crippen molar-refractivity contribution in [3.05, 3.63) is 40.4 Å². The second-order valence-electron chi connectivity index (χ2n) is 3.84. The standard InChI is InChI=1S/C12H15BrN4/c1-3-11-12(8-17(2)16-11)15-7-10-5-4-9(13)6-14-10/h4-6,8,15H,3,7H2,1-2H3. The van der Waals surface area contributed by atoms with Gasteiger partial charge in [0.2, 0.25) is 0 Å². The van der Waals surface area contributed by atoms with Gasteiger partial charge in [-0.2, -0.15) is 5.10 Å². The fourth-order valence-corrected chi connectivity index (χ4v) is 1.87. The van der Waals surface area contributed by atoms with Crippen molar-refractivity contribution in [2.75, 3.05) is 5.32 Å². The molecule has 0 atom stereocenters. The van der Waals surface area contributed by atoms with Crippen LogP contribution in [0, 0.1) is 0 Å². The topological polar surface area (TPSA) is 42.7 Å². The zero-order valence-corrected chi connectivity index (χ0v) is 11.5. The lowest BCUT2D eigenvalue weighted by molar-refractivity contribution is 0.746. The second-order valence-corrected chi connectivity index (χ2v) is 4.75. The van der Waals surface area contributed by atoms with Crippen LogP contribution in [0.1, 0.15) is 18.3 Å². The van der Waals surface area contributed by atoms with Gasteiger partial charge in [-0.3, -0.25) is 9.67 Å². The molecule has 0 saturated heterocycles. The Morgan fingerprint density at radius 3 is 2.88 bits per heavy atom. The van der Waals surface area contributed by atoms with Gasteiger partial charge in [0.1, 0.15) is 0 Å². The summed E-state index contributed by atoms with van der Waals surface area (Å²) in [6.07, 6.45) is 4.73. The van der Waals surface area contributed by atoms with Crippen LogP contribution in [-0.4, -0.2) is 14.8 Å². The highest BCUT2D eigenvalue weighted by molar-refractivity contribution is 9.10. The van der Waals surface area contributed by atoms with Crippen LogP contribution >= 0.6 is 15.9 Å². The molecule has 0 unspecified atom stereocenters. The Labute approximate surface area is 109 Å². The quantitative estimate of drug-likeness (QED) is 0.943. The highest BCUT2D eigenvalue weighted by atomic mass is 79.9. The summed E-state index contributed by atoms with van der Waals surface area (Å²) >= 11 is 3.37. The molecule has 0 saturated carbocycles. The summed E-state index contributed by atoms with van der Waals surface area (Å²) in [4.78, 5) is 4.32. The predicted molar refractivity (Wildman–Crippen MR) is 71.8 cm³/mol. The van der Waals surface area contributed by atoms with E-state index in [1.165, 1.54) is 0 Å². The molecule has 0 aliphatic heterocycles. The van der Waals surface area contributed by atoms with Crippen LogP contribution < -0.4 is 5.32 Å². The molecule has 0 radical (unpaired) electrons. The Morgan fingerprint density at radius 2 is 2.24 bits per heavy atom. The van der Waals surface area contributed by atoms with E-state index in [1.807, 2.05) is 30.1 Å². The van der Waals surface area contributed by atoms with Crippen LogP contribution in [0.5, 0.6) is 0 Å². The third-order valence-corrected chi connectivity index (χ3v) is 2.96. The highest BCUT2D eigenvalue weighted by Gasteiger charge is 2.05. The zero-order valence-electron chi connectivity index (χ0n) is 9.94. The van der Waals surface area contributed by atoms with Crippen LogP contribution in [0.2, 0.25) is 0 Å². The molecular weight excluding hydrogens is 280 g/mol. The summed E-state index contributed by atoms with van der Waals surface area (Å²) in [7, 11) is 1.93. The van der Waals surface area contributed by atoms with Crippen LogP contribution in [0.25, 0.3) is 0 Å². The summed E-state index contributed by atoms with van der Waals surface area (Å²) < 4.78 is 2.83. The van der Waals surface area contributed by atoms with Crippen molar-refractivity contribution in [3.8, 4) is 0 Å². The van der Waals surface area contributed by atoms with Crippen molar-refractivity contribution < 1.29 is 0 Å². The molecular formula is C12H15BrN4. The minimum Gasteiger partial charge on any atom is -0.377 e. The average molecular weight is 295 g/mol. The average Bonchev–Trinajstić information content (AvgIpc) is 2.69. The normalized spacial score (nSPS) is 10.5. The van der Waals surface area contributed by atoms with Crippen molar-refractivity contribution in [1.82, 2.24) is 14.8 Å². The first-order valence-corrected chi connectivity index (χ1v) is 6.35. The van der Waals surface area contributed by atoms with Gasteiger partial charge in [0, 0.05) is 23.9 Å². The Hall–Kier alpha value is -1.36. The van der Waals surface area contributed by atoms with E-state index in [2.05, 4.69) is 38.3 Å². The number of aryl methyl sites for hydroxylation is 2. The molecule has 0 spiro atoms. The van der Waals surface area contributed by atoms with E-state index in [9.17, 15) is 0 Å². The van der Waals surface area contributed by atoms with E-state index in [0.717, 1.165) is 28.0 Å². The van der Waals surface area contributed by atoms with Gasteiger partial charge < -0.3 is 5.32 Å². The van der Waals surface area contributed by atoms with Crippen LogP contribution in [0.3, 0.4) is 0 Å². The zero-order chi connectivity index (χ0) is 12.3. The molecule has 0 aliphatic rings. The largest absolute Gasteiger partial charge is 0.377 e. The monoisotopic (exact) mass is 294 g/mol. The van der Waals surface area contributed by atoms with E-state index < -0.39 is 0 Å². The lowest BCUT2D eigenvalue weighted by atomic mass is 10.3. The first kappa shape index (κ1) is 12.1. The molecule has 1 N–H and O–H groups in total. The molecule has 2 aromatic rings. The molecule has 17 heavy (non-hydrogen) atoms. The maximum Gasteiger partial charge on any atom is 0.0853 e. The molecule has 0 aromatic carbocycles. The molecule has 0 amide bonds. The van der Waals surface area contributed by atoms with Crippen molar-refractivity contribution in [2.24, 2.45) is 7.05 Å². The molecule has 2 heterocycles. The van der Waals surface area contributed by atoms with Crippen LogP contribution in [0.4, 0.5) is 5.69 Å². The predicted octanol–water partition coefficient (Wildman–Crippen LogP) is 2.75. The van der Waals surface area contributed by atoms with E-state index in [-0.39, 0.29) is 0 Å². The minimum atomic E-state index is 0.714. The first-order valence-electron chi connectivity index (χ1n) is 5.56. The van der Waals surface area contributed by atoms with Crippen molar-refractivity contribution in [1.29, 1.82) is 0 Å². The molecule has 2 rings (SSSR count). The second kappa shape index (κ2) is 5.31. The Balaban J connectivity index is 2.04. The smallest absolute Gasteiger partial charge is 0.0853 e. The summed E-state index contributed by atoms with van der Waals surface area (Å²) in [5.74, 6) is 0. The van der Waals surface area contributed by atoms with Crippen molar-refractivity contribution in [2.45, 2.75) is 19.9 Å².